The van der Waals surface area contributed by atoms with Gasteiger partial charge in [-0.2, -0.15) is 0 Å². The molecule has 4 heteroatoms. The number of pyridine rings is 1. The van der Waals surface area contributed by atoms with E-state index in [0.717, 1.165) is 16.8 Å². The summed E-state index contributed by atoms with van der Waals surface area (Å²) in [6.45, 7) is 0.566. The average molecular weight is 249 g/mol. The second kappa shape index (κ2) is 5.17. The van der Waals surface area contributed by atoms with Gasteiger partial charge in [0.25, 0.3) is 5.56 Å². The number of H-pyrrole nitrogens is 1. The summed E-state index contributed by atoms with van der Waals surface area (Å²) in [6, 6.07) is 11.1. The van der Waals surface area contributed by atoms with Gasteiger partial charge >= 0.3 is 0 Å². The molecule has 0 aliphatic heterocycles. The molecule has 0 fully saturated rings. The molecular formula is C13H13ClN2O. The molecule has 0 amide bonds. The van der Waals surface area contributed by atoms with Crippen LogP contribution < -0.4 is 10.9 Å². The van der Waals surface area contributed by atoms with E-state index in [9.17, 15) is 4.79 Å². The molecule has 3 nitrogen and oxygen atoms in total. The number of hydrogen-bond donors (Lipinski definition) is 2. The zero-order chi connectivity index (χ0) is 12.3. The van der Waals surface area contributed by atoms with E-state index in [1.165, 1.54) is 0 Å². The van der Waals surface area contributed by atoms with Gasteiger partial charge in [0.15, 0.2) is 0 Å². The molecule has 17 heavy (non-hydrogen) atoms. The summed E-state index contributed by atoms with van der Waals surface area (Å²) in [5.74, 6) is 0. The first-order valence-corrected chi connectivity index (χ1v) is 5.71. The summed E-state index contributed by atoms with van der Waals surface area (Å²) in [4.78, 5) is 14.6. The maximum Gasteiger partial charge on any atom is 0.252 e. The molecule has 1 heterocycles. The predicted molar refractivity (Wildman–Crippen MR) is 70.3 cm³/mol. The zero-order valence-corrected chi connectivity index (χ0v) is 10.2. The normalized spacial score (nSPS) is 10.5. The number of aromatic nitrogens is 1. The zero-order valence-electron chi connectivity index (χ0n) is 9.46. The Balaban J connectivity index is 2.37. The summed E-state index contributed by atoms with van der Waals surface area (Å²) < 4.78 is 0. The largest absolute Gasteiger partial charge is 0.322 e. The quantitative estimate of drug-likeness (QED) is 0.876. The first kappa shape index (κ1) is 11.9. The van der Waals surface area contributed by atoms with Gasteiger partial charge in [-0.3, -0.25) is 4.79 Å². The van der Waals surface area contributed by atoms with Gasteiger partial charge in [-0.1, -0.05) is 29.8 Å². The number of rotatable bonds is 3. The molecule has 2 aromatic rings. The summed E-state index contributed by atoms with van der Waals surface area (Å²) in [7, 11) is 1.81. The Morgan fingerprint density at radius 1 is 1.18 bits per heavy atom. The van der Waals surface area contributed by atoms with Gasteiger partial charge in [0.05, 0.1) is 0 Å². The molecule has 0 bridgehead atoms. The molecule has 0 spiro atoms. The van der Waals surface area contributed by atoms with Crippen LogP contribution in [0.4, 0.5) is 0 Å². The highest BCUT2D eigenvalue weighted by Crippen LogP contribution is 2.18. The van der Waals surface area contributed by atoms with Gasteiger partial charge in [-0.15, -0.1) is 0 Å². The summed E-state index contributed by atoms with van der Waals surface area (Å²) in [5.41, 5.74) is 2.41. The van der Waals surface area contributed by atoms with Crippen molar-refractivity contribution in [1.29, 1.82) is 0 Å². The lowest BCUT2D eigenvalue weighted by Gasteiger charge is -2.04. The Kier molecular flexibility index (Phi) is 3.61. The highest BCUT2D eigenvalue weighted by atomic mass is 35.5. The maximum atomic E-state index is 11.7. The molecule has 2 N–H and O–H groups in total. The number of halogens is 1. The van der Waals surface area contributed by atoms with Crippen molar-refractivity contribution in [3.8, 4) is 11.3 Å². The van der Waals surface area contributed by atoms with Crippen LogP contribution in [0, 0.1) is 0 Å². The van der Waals surface area contributed by atoms with E-state index in [4.69, 9.17) is 11.6 Å². The van der Waals surface area contributed by atoms with Crippen LogP contribution >= 0.6 is 11.6 Å². The molecule has 0 aliphatic carbocycles. The Hall–Kier alpha value is -1.58. The third-order valence-electron chi connectivity index (χ3n) is 2.51. The highest BCUT2D eigenvalue weighted by Gasteiger charge is 2.02. The van der Waals surface area contributed by atoms with E-state index in [1.54, 1.807) is 12.1 Å². The van der Waals surface area contributed by atoms with Crippen LogP contribution in [0.5, 0.6) is 0 Å². The van der Waals surface area contributed by atoms with Crippen LogP contribution in [-0.4, -0.2) is 12.0 Å². The van der Waals surface area contributed by atoms with Gasteiger partial charge in [-0.25, -0.2) is 0 Å². The maximum absolute atomic E-state index is 11.7. The molecule has 2 rings (SSSR count). The Bertz CT molecular complexity index is 560. The van der Waals surface area contributed by atoms with Crippen molar-refractivity contribution in [2.24, 2.45) is 0 Å². The van der Waals surface area contributed by atoms with E-state index < -0.39 is 0 Å². The molecule has 0 saturated carbocycles. The number of aromatic amines is 1. The minimum Gasteiger partial charge on any atom is -0.322 e. The van der Waals surface area contributed by atoms with Crippen LogP contribution in [0.2, 0.25) is 5.02 Å². The monoisotopic (exact) mass is 248 g/mol. The standard InChI is InChI=1S/C13H13ClN2O/c1-15-8-10-4-7-12(16-13(10)17)9-2-5-11(14)6-3-9/h2-7,15H,8H2,1H3,(H,16,17). The first-order valence-electron chi connectivity index (χ1n) is 5.33. The van der Waals surface area contributed by atoms with Gasteiger partial charge in [-0.05, 0) is 30.8 Å². The number of nitrogens with one attached hydrogen (secondary N) is 2. The fraction of sp³-hybridized carbons (Fsp3) is 0.154. The van der Waals surface area contributed by atoms with Crippen molar-refractivity contribution >= 4 is 11.6 Å². The molecule has 0 atom stereocenters. The SMILES string of the molecule is CNCc1ccc(-c2ccc(Cl)cc2)[nH]c1=O. The van der Waals surface area contributed by atoms with Gasteiger partial charge in [0, 0.05) is 22.8 Å². The van der Waals surface area contributed by atoms with Crippen molar-refractivity contribution < 1.29 is 0 Å². The molecule has 88 valence electrons. The van der Waals surface area contributed by atoms with Gasteiger partial charge < -0.3 is 10.3 Å². The molecule has 0 saturated heterocycles. The molecule has 1 aromatic carbocycles. The van der Waals surface area contributed by atoms with Crippen LogP contribution in [0.1, 0.15) is 5.56 Å². The fourth-order valence-electron chi connectivity index (χ4n) is 1.63. The lowest BCUT2D eigenvalue weighted by molar-refractivity contribution is 0.805. The van der Waals surface area contributed by atoms with E-state index in [1.807, 2.05) is 31.3 Å². The van der Waals surface area contributed by atoms with Gasteiger partial charge in [0.1, 0.15) is 0 Å². The second-order valence-electron chi connectivity index (χ2n) is 3.76. The summed E-state index contributed by atoms with van der Waals surface area (Å²) >= 11 is 5.82. The third kappa shape index (κ3) is 2.75. The van der Waals surface area contributed by atoms with E-state index in [0.29, 0.717) is 11.6 Å². The smallest absolute Gasteiger partial charge is 0.252 e. The average Bonchev–Trinajstić information content (AvgIpc) is 2.33. The van der Waals surface area contributed by atoms with Crippen LogP contribution in [0.3, 0.4) is 0 Å². The van der Waals surface area contributed by atoms with E-state index >= 15 is 0 Å². The van der Waals surface area contributed by atoms with Crippen LogP contribution in [0.15, 0.2) is 41.2 Å². The topological polar surface area (TPSA) is 44.9 Å². The molecule has 1 aromatic heterocycles. The Morgan fingerprint density at radius 2 is 1.88 bits per heavy atom. The van der Waals surface area contributed by atoms with Crippen molar-refractivity contribution in [2.45, 2.75) is 6.54 Å². The minimum absolute atomic E-state index is 0.0631. The Labute approximate surface area is 104 Å². The van der Waals surface area contributed by atoms with E-state index in [-0.39, 0.29) is 5.56 Å². The highest BCUT2D eigenvalue weighted by molar-refractivity contribution is 6.30. The number of hydrogen-bond acceptors (Lipinski definition) is 2. The Morgan fingerprint density at radius 3 is 2.47 bits per heavy atom. The van der Waals surface area contributed by atoms with E-state index in [2.05, 4.69) is 10.3 Å². The van der Waals surface area contributed by atoms with Crippen LogP contribution in [0.25, 0.3) is 11.3 Å². The first-order chi connectivity index (χ1) is 8.20. The van der Waals surface area contributed by atoms with Crippen molar-refractivity contribution in [3.05, 3.63) is 57.3 Å². The lowest BCUT2D eigenvalue weighted by atomic mass is 10.1. The molecule has 0 aliphatic rings. The van der Waals surface area contributed by atoms with Crippen LogP contribution in [-0.2, 0) is 6.54 Å². The minimum atomic E-state index is -0.0631. The van der Waals surface area contributed by atoms with Gasteiger partial charge in [0.2, 0.25) is 0 Å². The van der Waals surface area contributed by atoms with Crippen molar-refractivity contribution in [2.75, 3.05) is 7.05 Å². The second-order valence-corrected chi connectivity index (χ2v) is 4.20. The molecule has 0 radical (unpaired) electrons. The molecular weight excluding hydrogens is 236 g/mol. The molecule has 0 unspecified atom stereocenters. The predicted octanol–water partition coefficient (Wildman–Crippen LogP) is 2.41. The lowest BCUT2D eigenvalue weighted by Crippen LogP contribution is -2.18. The summed E-state index contributed by atoms with van der Waals surface area (Å²) in [5, 5.41) is 3.64. The third-order valence-corrected chi connectivity index (χ3v) is 2.77. The number of benzene rings is 1. The summed E-state index contributed by atoms with van der Waals surface area (Å²) in [6.07, 6.45) is 0. The van der Waals surface area contributed by atoms with Crippen molar-refractivity contribution in [3.63, 3.8) is 0 Å². The fourth-order valence-corrected chi connectivity index (χ4v) is 1.76. The van der Waals surface area contributed by atoms with Crippen molar-refractivity contribution in [1.82, 2.24) is 10.3 Å².